The fraction of sp³-hybridized carbons (Fsp3) is 0.450. The molecule has 26 heavy (non-hydrogen) atoms. The summed E-state index contributed by atoms with van der Waals surface area (Å²) in [5, 5.41) is 26.5. The summed E-state index contributed by atoms with van der Waals surface area (Å²) in [5.41, 5.74) is 2.64. The number of aromatic hydroxyl groups is 2. The minimum Gasteiger partial charge on any atom is -0.508 e. The van der Waals surface area contributed by atoms with Crippen LogP contribution in [0.3, 0.4) is 0 Å². The lowest BCUT2D eigenvalue weighted by molar-refractivity contribution is -0.108. The number of amides is 1. The van der Waals surface area contributed by atoms with Crippen molar-refractivity contribution in [1.29, 1.82) is 0 Å². The van der Waals surface area contributed by atoms with Crippen molar-refractivity contribution in [1.82, 2.24) is 10.6 Å². The van der Waals surface area contributed by atoms with Crippen molar-refractivity contribution in [2.24, 2.45) is 0 Å². The van der Waals surface area contributed by atoms with Crippen LogP contribution in [0.4, 0.5) is 0 Å². The second-order valence-corrected chi connectivity index (χ2v) is 6.23. The van der Waals surface area contributed by atoms with Crippen LogP contribution in [0.15, 0.2) is 35.2 Å². The Balaban J connectivity index is 3.65. The van der Waals surface area contributed by atoms with E-state index in [1.165, 1.54) is 6.07 Å². The molecule has 0 aliphatic carbocycles. The summed E-state index contributed by atoms with van der Waals surface area (Å²) in [6.45, 7) is 9.91. The Kier molecular flexibility index (Phi) is 8.19. The molecule has 1 unspecified atom stereocenters. The van der Waals surface area contributed by atoms with Crippen molar-refractivity contribution in [3.63, 3.8) is 0 Å². The zero-order valence-electron chi connectivity index (χ0n) is 16.4. The van der Waals surface area contributed by atoms with Crippen molar-refractivity contribution in [2.45, 2.75) is 46.6 Å². The van der Waals surface area contributed by atoms with Crippen molar-refractivity contribution in [3.8, 4) is 11.5 Å². The zero-order valence-corrected chi connectivity index (χ0v) is 16.4. The Hall–Kier alpha value is -2.47. The number of hydrogen-bond acceptors (Lipinski definition) is 5. The van der Waals surface area contributed by atoms with Crippen LogP contribution in [0.25, 0.3) is 0 Å². The lowest BCUT2D eigenvalue weighted by Gasteiger charge is -2.26. The maximum Gasteiger partial charge on any atom is 0.211 e. The first kappa shape index (κ1) is 21.6. The van der Waals surface area contributed by atoms with Gasteiger partial charge in [-0.15, -0.1) is 0 Å². The molecule has 1 aromatic carbocycles. The van der Waals surface area contributed by atoms with Crippen molar-refractivity contribution >= 4 is 6.41 Å². The normalized spacial score (nSPS) is 14.0. The van der Waals surface area contributed by atoms with Gasteiger partial charge in [-0.2, -0.15) is 0 Å². The number of allylic oxidation sites excluding steroid dienone is 2. The molecule has 0 saturated heterocycles. The average molecular weight is 362 g/mol. The lowest BCUT2D eigenvalue weighted by Crippen LogP contribution is -2.25. The Morgan fingerprint density at radius 3 is 2.31 bits per heavy atom. The fourth-order valence-electron chi connectivity index (χ4n) is 2.94. The second-order valence-electron chi connectivity index (χ2n) is 6.23. The standard InChI is InChI=1S/C20H30N2O4/c1-7-18(26-8-2)19(13(5)22-11-23)20(21-6)15-9-14(12(3)4)16(24)10-17(15)25/h7,9-12,20-21,24-25H,8H2,1-6H3,(H,22,23)/b18-7-,19-13-. The van der Waals surface area contributed by atoms with Crippen LogP contribution >= 0.6 is 0 Å². The van der Waals surface area contributed by atoms with E-state index in [2.05, 4.69) is 10.6 Å². The third-order valence-electron chi connectivity index (χ3n) is 4.19. The van der Waals surface area contributed by atoms with E-state index in [1.54, 1.807) is 20.0 Å². The molecular weight excluding hydrogens is 332 g/mol. The van der Waals surface area contributed by atoms with Crippen molar-refractivity contribution < 1.29 is 19.7 Å². The van der Waals surface area contributed by atoms with Gasteiger partial charge in [0.25, 0.3) is 0 Å². The molecule has 0 aliphatic rings. The number of carbonyl (C=O) groups is 1. The molecule has 0 heterocycles. The highest BCUT2D eigenvalue weighted by atomic mass is 16.5. The van der Waals surface area contributed by atoms with E-state index >= 15 is 0 Å². The summed E-state index contributed by atoms with van der Waals surface area (Å²) in [4.78, 5) is 11.0. The second kappa shape index (κ2) is 9.87. The summed E-state index contributed by atoms with van der Waals surface area (Å²) in [7, 11) is 1.76. The summed E-state index contributed by atoms with van der Waals surface area (Å²) in [5.74, 6) is 0.717. The van der Waals surface area contributed by atoms with Crippen LogP contribution in [0.5, 0.6) is 11.5 Å². The van der Waals surface area contributed by atoms with Gasteiger partial charge in [0.1, 0.15) is 17.3 Å². The number of rotatable bonds is 9. The van der Waals surface area contributed by atoms with Crippen LogP contribution in [0.1, 0.15) is 57.7 Å². The van der Waals surface area contributed by atoms with Gasteiger partial charge in [0.05, 0.1) is 12.6 Å². The Bertz CT molecular complexity index is 693. The molecule has 1 amide bonds. The van der Waals surface area contributed by atoms with Crippen LogP contribution in [-0.4, -0.2) is 30.3 Å². The molecular formula is C20H30N2O4. The minimum atomic E-state index is -0.446. The molecule has 0 aromatic heterocycles. The first-order chi connectivity index (χ1) is 12.3. The van der Waals surface area contributed by atoms with E-state index in [0.29, 0.717) is 35.6 Å². The largest absolute Gasteiger partial charge is 0.508 e. The molecule has 144 valence electrons. The summed E-state index contributed by atoms with van der Waals surface area (Å²) in [6, 6.07) is 2.69. The Labute approximate surface area is 155 Å². The monoisotopic (exact) mass is 362 g/mol. The van der Waals surface area contributed by atoms with E-state index in [4.69, 9.17) is 4.74 Å². The smallest absolute Gasteiger partial charge is 0.211 e. The first-order valence-electron chi connectivity index (χ1n) is 8.75. The van der Waals surface area contributed by atoms with Gasteiger partial charge in [-0.05, 0) is 51.4 Å². The van der Waals surface area contributed by atoms with Gasteiger partial charge in [0.15, 0.2) is 0 Å². The molecule has 0 saturated carbocycles. The molecule has 0 aliphatic heterocycles. The fourth-order valence-corrected chi connectivity index (χ4v) is 2.94. The topological polar surface area (TPSA) is 90.8 Å². The van der Waals surface area contributed by atoms with E-state index in [0.717, 1.165) is 5.56 Å². The highest BCUT2D eigenvalue weighted by Gasteiger charge is 2.26. The molecule has 4 N–H and O–H groups in total. The zero-order chi connectivity index (χ0) is 19.9. The van der Waals surface area contributed by atoms with Gasteiger partial charge in [-0.25, -0.2) is 0 Å². The average Bonchev–Trinajstić information content (AvgIpc) is 2.58. The first-order valence-corrected chi connectivity index (χ1v) is 8.75. The SMILES string of the molecule is C/C=C(OCC)/C(=C(\C)NC=O)C(NC)c1cc(C(C)C)c(O)cc1O. The molecule has 0 fully saturated rings. The van der Waals surface area contributed by atoms with Crippen molar-refractivity contribution in [2.75, 3.05) is 13.7 Å². The van der Waals surface area contributed by atoms with Crippen LogP contribution < -0.4 is 10.6 Å². The minimum absolute atomic E-state index is 0.0328. The van der Waals surface area contributed by atoms with Gasteiger partial charge >= 0.3 is 0 Å². The number of hydrogen-bond donors (Lipinski definition) is 4. The number of ether oxygens (including phenoxy) is 1. The highest BCUT2D eigenvalue weighted by Crippen LogP contribution is 2.39. The molecule has 0 radical (unpaired) electrons. The van der Waals surface area contributed by atoms with Gasteiger partial charge in [0.2, 0.25) is 6.41 Å². The van der Waals surface area contributed by atoms with E-state index in [-0.39, 0.29) is 17.4 Å². The van der Waals surface area contributed by atoms with E-state index in [9.17, 15) is 15.0 Å². The molecule has 1 aromatic rings. The molecule has 0 bridgehead atoms. The number of phenolic OH excluding ortho intramolecular Hbond substituents is 2. The highest BCUT2D eigenvalue weighted by molar-refractivity contribution is 5.55. The Morgan fingerprint density at radius 1 is 1.23 bits per heavy atom. The summed E-state index contributed by atoms with van der Waals surface area (Å²) in [6.07, 6.45) is 2.43. The summed E-state index contributed by atoms with van der Waals surface area (Å²) < 4.78 is 5.74. The van der Waals surface area contributed by atoms with Gasteiger partial charge < -0.3 is 25.6 Å². The summed E-state index contributed by atoms with van der Waals surface area (Å²) >= 11 is 0. The number of benzene rings is 1. The predicted molar refractivity (Wildman–Crippen MR) is 103 cm³/mol. The predicted octanol–water partition coefficient (Wildman–Crippen LogP) is 3.44. The number of likely N-dealkylation sites (N-methyl/N-ethyl adjacent to an activating group) is 1. The van der Waals surface area contributed by atoms with Crippen LogP contribution in [0, 0.1) is 0 Å². The molecule has 1 rings (SSSR count). The molecule has 1 atom stereocenters. The maximum atomic E-state index is 11.0. The Morgan fingerprint density at radius 2 is 1.85 bits per heavy atom. The number of carbonyl (C=O) groups excluding carboxylic acids is 1. The lowest BCUT2D eigenvalue weighted by atomic mass is 9.90. The third-order valence-corrected chi connectivity index (χ3v) is 4.19. The third kappa shape index (κ3) is 4.79. The van der Waals surface area contributed by atoms with Gasteiger partial charge in [-0.1, -0.05) is 13.8 Å². The van der Waals surface area contributed by atoms with Gasteiger partial charge in [-0.3, -0.25) is 4.79 Å². The number of nitrogens with one attached hydrogen (secondary N) is 2. The quantitative estimate of drug-likeness (QED) is 0.307. The number of phenols is 2. The van der Waals surface area contributed by atoms with E-state index in [1.807, 2.05) is 33.8 Å². The van der Waals surface area contributed by atoms with Crippen molar-refractivity contribution in [3.05, 3.63) is 46.4 Å². The molecule has 6 heteroatoms. The van der Waals surface area contributed by atoms with Crippen LogP contribution in [-0.2, 0) is 9.53 Å². The molecule has 0 spiro atoms. The van der Waals surface area contributed by atoms with Gasteiger partial charge in [0, 0.05) is 22.9 Å². The van der Waals surface area contributed by atoms with E-state index < -0.39 is 6.04 Å². The maximum absolute atomic E-state index is 11.0. The van der Waals surface area contributed by atoms with Crippen LogP contribution in [0.2, 0.25) is 0 Å². The molecule has 6 nitrogen and oxygen atoms in total.